The van der Waals surface area contributed by atoms with Crippen molar-refractivity contribution < 1.29 is 4.79 Å². The molecular weight excluding hydrogens is 344 g/mol. The standard InChI is InChI=1S/C20H16N4OS/c1-13(23-24-20(25)16-7-4-5-11-21-16)14-9-10-19-17(12-14)22-15-6-2-3-8-18(15)26-19/h2-12,22H,1H3,(H,24,25)/b23-13+. The van der Waals surface area contributed by atoms with Crippen LogP contribution < -0.4 is 10.7 Å². The zero-order valence-electron chi connectivity index (χ0n) is 14.1. The highest BCUT2D eigenvalue weighted by atomic mass is 32.2. The first-order valence-corrected chi connectivity index (χ1v) is 8.96. The normalized spacial score (nSPS) is 12.6. The molecule has 2 heterocycles. The molecule has 26 heavy (non-hydrogen) atoms. The molecule has 3 aromatic rings. The van der Waals surface area contributed by atoms with E-state index in [2.05, 4.69) is 39.0 Å². The molecule has 1 aromatic heterocycles. The van der Waals surface area contributed by atoms with Crippen molar-refractivity contribution in [2.45, 2.75) is 16.7 Å². The Labute approximate surface area is 155 Å². The highest BCUT2D eigenvalue weighted by Crippen LogP contribution is 2.44. The first-order chi connectivity index (χ1) is 12.7. The summed E-state index contributed by atoms with van der Waals surface area (Å²) in [6.07, 6.45) is 1.58. The third-order valence-electron chi connectivity index (χ3n) is 4.00. The van der Waals surface area contributed by atoms with Gasteiger partial charge in [0.25, 0.3) is 5.91 Å². The van der Waals surface area contributed by atoms with Crippen LogP contribution >= 0.6 is 11.8 Å². The van der Waals surface area contributed by atoms with Gasteiger partial charge in [0.2, 0.25) is 0 Å². The Morgan fingerprint density at radius 1 is 1.04 bits per heavy atom. The molecule has 0 saturated carbocycles. The summed E-state index contributed by atoms with van der Waals surface area (Å²) in [6.45, 7) is 1.87. The smallest absolute Gasteiger partial charge is 0.289 e. The minimum absolute atomic E-state index is 0.328. The second kappa shape index (κ2) is 7.01. The van der Waals surface area contributed by atoms with Crippen LogP contribution in [-0.2, 0) is 0 Å². The van der Waals surface area contributed by atoms with Crippen molar-refractivity contribution in [2.75, 3.05) is 5.32 Å². The fraction of sp³-hybridized carbons (Fsp3) is 0.0500. The number of fused-ring (bicyclic) bond motifs is 2. The number of rotatable bonds is 3. The second-order valence-electron chi connectivity index (χ2n) is 5.79. The monoisotopic (exact) mass is 360 g/mol. The number of pyridine rings is 1. The number of anilines is 2. The first-order valence-electron chi connectivity index (χ1n) is 8.15. The lowest BCUT2D eigenvalue weighted by molar-refractivity contribution is 0.0950. The number of hydrazone groups is 1. The second-order valence-corrected chi connectivity index (χ2v) is 6.87. The lowest BCUT2D eigenvalue weighted by Crippen LogP contribution is -2.20. The molecule has 0 atom stereocenters. The van der Waals surface area contributed by atoms with Crippen LogP contribution in [0, 0.1) is 0 Å². The number of hydrogen-bond donors (Lipinski definition) is 2. The molecule has 6 heteroatoms. The van der Waals surface area contributed by atoms with Crippen LogP contribution in [0.5, 0.6) is 0 Å². The van der Waals surface area contributed by atoms with E-state index < -0.39 is 0 Å². The predicted octanol–water partition coefficient (Wildman–Crippen LogP) is 4.44. The highest BCUT2D eigenvalue weighted by Gasteiger charge is 2.16. The molecule has 128 valence electrons. The van der Waals surface area contributed by atoms with Crippen molar-refractivity contribution >= 4 is 34.8 Å². The van der Waals surface area contributed by atoms with Crippen molar-refractivity contribution in [3.05, 3.63) is 78.1 Å². The molecule has 0 saturated heterocycles. The quantitative estimate of drug-likeness (QED) is 0.419. The Bertz CT molecular complexity index is 1000. The number of nitrogens with zero attached hydrogens (tertiary/aromatic N) is 2. The van der Waals surface area contributed by atoms with Gasteiger partial charge >= 0.3 is 0 Å². The molecular formula is C20H16N4OS. The van der Waals surface area contributed by atoms with Gasteiger partial charge in [-0.25, -0.2) is 5.43 Å². The highest BCUT2D eigenvalue weighted by molar-refractivity contribution is 7.99. The summed E-state index contributed by atoms with van der Waals surface area (Å²) >= 11 is 1.74. The predicted molar refractivity (Wildman–Crippen MR) is 104 cm³/mol. The van der Waals surface area contributed by atoms with Gasteiger partial charge in [-0.15, -0.1) is 0 Å². The fourth-order valence-electron chi connectivity index (χ4n) is 2.62. The zero-order valence-corrected chi connectivity index (χ0v) is 14.9. The maximum atomic E-state index is 12.1. The molecule has 0 fully saturated rings. The number of carbonyl (C=O) groups excluding carboxylic acids is 1. The lowest BCUT2D eigenvalue weighted by Gasteiger charge is -2.21. The summed E-state index contributed by atoms with van der Waals surface area (Å²) in [6, 6.07) is 19.5. The maximum Gasteiger partial charge on any atom is 0.289 e. The minimum Gasteiger partial charge on any atom is -0.354 e. The number of carbonyl (C=O) groups is 1. The molecule has 2 N–H and O–H groups in total. The fourth-order valence-corrected chi connectivity index (χ4v) is 3.59. The summed E-state index contributed by atoms with van der Waals surface area (Å²) in [5, 5.41) is 7.66. The summed E-state index contributed by atoms with van der Waals surface area (Å²) in [4.78, 5) is 18.4. The molecule has 1 aliphatic heterocycles. The van der Waals surface area contributed by atoms with Crippen LogP contribution in [0.3, 0.4) is 0 Å². The van der Waals surface area contributed by atoms with Gasteiger partial charge in [0, 0.05) is 16.0 Å². The third-order valence-corrected chi connectivity index (χ3v) is 5.15. The Balaban J connectivity index is 1.53. The number of amides is 1. The van der Waals surface area contributed by atoms with Crippen molar-refractivity contribution in [2.24, 2.45) is 5.10 Å². The van der Waals surface area contributed by atoms with Gasteiger partial charge in [0.05, 0.1) is 17.1 Å². The number of benzene rings is 2. The minimum atomic E-state index is -0.328. The molecule has 0 unspecified atom stereocenters. The lowest BCUT2D eigenvalue weighted by atomic mass is 10.1. The average Bonchev–Trinajstić information content (AvgIpc) is 2.70. The molecule has 0 bridgehead atoms. The van der Waals surface area contributed by atoms with Gasteiger partial charge in [-0.2, -0.15) is 5.10 Å². The van der Waals surface area contributed by atoms with Crippen molar-refractivity contribution in [1.82, 2.24) is 10.4 Å². The molecule has 4 rings (SSSR count). The van der Waals surface area contributed by atoms with Crippen LogP contribution in [0.15, 0.2) is 81.8 Å². The van der Waals surface area contributed by atoms with E-state index in [1.54, 1.807) is 36.2 Å². The molecule has 1 amide bonds. The van der Waals surface area contributed by atoms with E-state index in [0.717, 1.165) is 27.5 Å². The SMILES string of the molecule is C/C(=N\NC(=O)c1ccccn1)c1ccc2c(c1)Nc1ccccc1S2. The molecule has 2 aromatic carbocycles. The Morgan fingerprint density at radius 2 is 1.85 bits per heavy atom. The van der Waals surface area contributed by atoms with Gasteiger partial charge < -0.3 is 5.32 Å². The first kappa shape index (κ1) is 16.4. The van der Waals surface area contributed by atoms with Crippen molar-refractivity contribution in [3.63, 3.8) is 0 Å². The van der Waals surface area contributed by atoms with Gasteiger partial charge in [-0.1, -0.05) is 36.0 Å². The van der Waals surface area contributed by atoms with E-state index in [1.165, 1.54) is 4.90 Å². The van der Waals surface area contributed by atoms with E-state index in [0.29, 0.717) is 5.69 Å². The molecule has 5 nitrogen and oxygen atoms in total. The largest absolute Gasteiger partial charge is 0.354 e. The van der Waals surface area contributed by atoms with E-state index in [9.17, 15) is 4.79 Å². The number of para-hydroxylation sites is 1. The van der Waals surface area contributed by atoms with Crippen LogP contribution in [0.2, 0.25) is 0 Å². The average molecular weight is 360 g/mol. The summed E-state index contributed by atoms with van der Waals surface area (Å²) in [7, 11) is 0. The van der Waals surface area contributed by atoms with E-state index in [1.807, 2.05) is 31.2 Å². The summed E-state index contributed by atoms with van der Waals surface area (Å²) in [5.41, 5.74) is 6.69. The molecule has 0 radical (unpaired) electrons. The summed E-state index contributed by atoms with van der Waals surface area (Å²) in [5.74, 6) is -0.328. The van der Waals surface area contributed by atoms with Crippen LogP contribution in [0.1, 0.15) is 23.0 Å². The topological polar surface area (TPSA) is 66.4 Å². The Kier molecular flexibility index (Phi) is 4.41. The zero-order chi connectivity index (χ0) is 17.9. The van der Waals surface area contributed by atoms with Gasteiger partial charge in [0.15, 0.2) is 0 Å². The van der Waals surface area contributed by atoms with Crippen LogP contribution in [0.25, 0.3) is 0 Å². The van der Waals surface area contributed by atoms with E-state index in [4.69, 9.17) is 0 Å². The van der Waals surface area contributed by atoms with Gasteiger partial charge in [-0.3, -0.25) is 9.78 Å². The molecule has 0 spiro atoms. The van der Waals surface area contributed by atoms with Crippen LogP contribution in [0.4, 0.5) is 11.4 Å². The van der Waals surface area contributed by atoms with Crippen LogP contribution in [-0.4, -0.2) is 16.6 Å². The molecule has 1 aliphatic rings. The summed E-state index contributed by atoms with van der Waals surface area (Å²) < 4.78 is 0. The number of hydrogen-bond acceptors (Lipinski definition) is 5. The third kappa shape index (κ3) is 3.32. The Morgan fingerprint density at radius 3 is 2.69 bits per heavy atom. The van der Waals surface area contributed by atoms with Gasteiger partial charge in [-0.05, 0) is 48.9 Å². The van der Waals surface area contributed by atoms with Crippen molar-refractivity contribution in [3.8, 4) is 0 Å². The van der Waals surface area contributed by atoms with E-state index in [-0.39, 0.29) is 5.91 Å². The van der Waals surface area contributed by atoms with Crippen molar-refractivity contribution in [1.29, 1.82) is 0 Å². The van der Waals surface area contributed by atoms with Gasteiger partial charge in [0.1, 0.15) is 5.69 Å². The number of nitrogens with one attached hydrogen (secondary N) is 2. The van der Waals surface area contributed by atoms with E-state index >= 15 is 0 Å². The number of aromatic nitrogens is 1. The Hall–Kier alpha value is -3.12. The molecule has 0 aliphatic carbocycles. The maximum absolute atomic E-state index is 12.1.